The number of carboxylic acid groups (broad SMARTS) is 2. The first-order chi connectivity index (χ1) is 20.8. The van der Waals surface area contributed by atoms with Crippen molar-refractivity contribution in [3.05, 3.63) is 47.0 Å². The van der Waals surface area contributed by atoms with E-state index in [1.165, 1.54) is 42.2 Å². The van der Waals surface area contributed by atoms with Crippen LogP contribution in [0, 0.1) is 5.92 Å². The van der Waals surface area contributed by atoms with Gasteiger partial charge in [0.15, 0.2) is 16.6 Å². The second-order valence-corrected chi connectivity index (χ2v) is 12.2. The minimum atomic E-state index is -1.74. The third-order valence-electron chi connectivity index (χ3n) is 6.64. The fourth-order valence-electron chi connectivity index (χ4n) is 4.27. The summed E-state index contributed by atoms with van der Waals surface area (Å²) in [5.74, 6) is -3.97. The van der Waals surface area contributed by atoms with Gasteiger partial charge in [0.05, 0.1) is 11.3 Å². The van der Waals surface area contributed by atoms with Crippen LogP contribution in [0.15, 0.2) is 46.5 Å². The Morgan fingerprint density at radius 3 is 2.70 bits per heavy atom. The van der Waals surface area contributed by atoms with Crippen LogP contribution in [0.25, 0.3) is 0 Å². The highest BCUT2D eigenvalue weighted by Crippen LogP contribution is 2.45. The third-order valence-corrected chi connectivity index (χ3v) is 8.67. The first kappa shape index (κ1) is 32.4. The molecule has 234 valence electrons. The number of nitrogens with zero attached hydrogens (tertiary/aromatic N) is 5. The maximum atomic E-state index is 13.3. The molecule has 1 unspecified atom stereocenters. The number of ketones is 1. The van der Waals surface area contributed by atoms with Gasteiger partial charge in [0.25, 0.3) is 12.1 Å². The van der Waals surface area contributed by atoms with Crippen LogP contribution in [0.1, 0.15) is 26.0 Å². The number of anilines is 3. The molecule has 16 nitrogen and oxygen atoms in total. The van der Waals surface area contributed by atoms with Gasteiger partial charge >= 0.3 is 11.9 Å². The highest BCUT2D eigenvalue weighted by molar-refractivity contribution is 8.00. The lowest BCUT2D eigenvalue weighted by Gasteiger charge is -2.49. The lowest BCUT2D eigenvalue weighted by molar-refractivity contribution is -0.689. The predicted octanol–water partition coefficient (Wildman–Crippen LogP) is 0.0301. The van der Waals surface area contributed by atoms with Gasteiger partial charge in [-0.2, -0.15) is 0 Å². The molecule has 0 aromatic carbocycles. The van der Waals surface area contributed by atoms with Crippen molar-refractivity contribution in [2.24, 2.45) is 16.8 Å². The Hall–Kier alpha value is -4.55. The minimum absolute atomic E-state index is 0.0774. The zero-order chi connectivity index (χ0) is 32.2. The van der Waals surface area contributed by atoms with Gasteiger partial charge < -0.3 is 37.6 Å². The minimum Gasteiger partial charge on any atom is -0.478 e. The number of aliphatic carboxylic acids is 2. The van der Waals surface area contributed by atoms with Gasteiger partial charge in [0.1, 0.15) is 29.8 Å². The van der Waals surface area contributed by atoms with Crippen molar-refractivity contribution in [3.8, 4) is 0 Å². The van der Waals surface area contributed by atoms with Crippen molar-refractivity contribution >= 4 is 69.1 Å². The molecule has 2 aliphatic heterocycles. The van der Waals surface area contributed by atoms with E-state index < -0.39 is 40.5 Å². The van der Waals surface area contributed by atoms with Crippen LogP contribution in [0.4, 0.5) is 16.6 Å². The average Bonchev–Trinajstić information content (AvgIpc) is 3.40. The summed E-state index contributed by atoms with van der Waals surface area (Å²) in [6.07, 6.45) is 6.37. The summed E-state index contributed by atoms with van der Waals surface area (Å²) in [5.41, 5.74) is 16.1. The van der Waals surface area contributed by atoms with Gasteiger partial charge in [0.2, 0.25) is 11.5 Å². The van der Waals surface area contributed by atoms with Crippen LogP contribution < -0.4 is 27.1 Å². The average molecular weight is 647 g/mol. The number of β-lactam (4-membered cyclic amide) rings is 1. The summed E-state index contributed by atoms with van der Waals surface area (Å²) < 4.78 is 1.75. The van der Waals surface area contributed by atoms with Crippen molar-refractivity contribution in [2.45, 2.75) is 37.8 Å². The molecular formula is C26H32N9O7S2+. The highest BCUT2D eigenvalue weighted by atomic mass is 32.2. The second-order valence-electron chi connectivity index (χ2n) is 10.2. The van der Waals surface area contributed by atoms with Gasteiger partial charge in [0, 0.05) is 30.6 Å². The Morgan fingerprint density at radius 1 is 1.32 bits per heavy atom. The Labute approximate surface area is 259 Å². The molecule has 1 saturated heterocycles. The molecule has 2 atom stereocenters. The van der Waals surface area contributed by atoms with E-state index in [0.717, 1.165) is 11.3 Å². The number of nitrogen functional groups attached to an aromatic ring is 2. The first-order valence-corrected chi connectivity index (χ1v) is 15.2. The zero-order valence-electron chi connectivity index (χ0n) is 23.8. The molecule has 2 aliphatic rings. The van der Waals surface area contributed by atoms with Crippen LogP contribution in [-0.4, -0.2) is 84.2 Å². The van der Waals surface area contributed by atoms with Crippen LogP contribution in [-0.2, 0) is 30.6 Å². The molecule has 4 rings (SSSR count). The molecule has 1 fully saturated rings. The number of rotatable bonds is 14. The van der Waals surface area contributed by atoms with E-state index in [1.807, 2.05) is 0 Å². The molecule has 2 aromatic heterocycles. The summed E-state index contributed by atoms with van der Waals surface area (Å²) >= 11 is 2.38. The number of fused-ring (bicyclic) bond motifs is 1. The van der Waals surface area contributed by atoms with E-state index in [0.29, 0.717) is 36.7 Å². The number of allylic oxidation sites excluding steroid dienone is 2. The van der Waals surface area contributed by atoms with Crippen LogP contribution in [0.5, 0.6) is 0 Å². The standard InChI is InChI=1S/C26H31N9O7S2/c1-26(2,24(40)41)42-33-18(16-11-44-25(29)32-16)17(36)8-14-21(37)35-19(23(38)39)13(10-43-22(14)35)4-3-7-34-9-15(30-6-5-27)20(28)31-12-34/h3-4,9,11-12,14,22,28,30H,5-8,10,27H2,1-2H3,(H4,29,32,38,39,40,41)/p+1/b4-3+,33-18-/t14-,22?/m1/s1. The number of carbonyl (C=O) groups excluding carboxylic acids is 2. The van der Waals surface area contributed by atoms with E-state index in [-0.39, 0.29) is 34.4 Å². The summed E-state index contributed by atoms with van der Waals surface area (Å²) in [6.45, 7) is 3.80. The Balaban J connectivity index is 1.49. The van der Waals surface area contributed by atoms with Crippen molar-refractivity contribution in [3.63, 3.8) is 0 Å². The lowest BCUT2D eigenvalue weighted by atomic mass is 9.89. The molecule has 9 N–H and O–H groups in total. The molecular weight excluding hydrogens is 614 g/mol. The smallest absolute Gasteiger partial charge is 0.352 e. The number of nitrogens with one attached hydrogen (secondary N) is 1. The number of thiazole rings is 1. The van der Waals surface area contributed by atoms with Gasteiger partial charge in [-0.15, -0.1) is 23.1 Å². The quantitative estimate of drug-likeness (QED) is 0.0685. The number of oxime groups is 1. The Kier molecular flexibility index (Phi) is 9.85. The molecule has 44 heavy (non-hydrogen) atoms. The molecule has 2 aromatic rings. The number of hydrogen-bond donors (Lipinski definition) is 6. The summed E-state index contributed by atoms with van der Waals surface area (Å²) in [4.78, 5) is 64.8. The fraction of sp³-hybridized carbons (Fsp3) is 0.385. The topological polar surface area (TPSA) is 253 Å². The number of aromatic nitrogens is 3. The highest BCUT2D eigenvalue weighted by Gasteiger charge is 2.54. The van der Waals surface area contributed by atoms with Gasteiger partial charge in [-0.25, -0.2) is 19.1 Å². The molecule has 4 heterocycles. The van der Waals surface area contributed by atoms with E-state index >= 15 is 0 Å². The van der Waals surface area contributed by atoms with E-state index in [1.54, 1.807) is 22.9 Å². The number of Topliss-reactive ketones (excluding diaryl/α,β-unsaturated/α-hetero) is 1. The number of hydrogen-bond acceptors (Lipinski definition) is 14. The maximum Gasteiger partial charge on any atom is 0.352 e. The predicted molar refractivity (Wildman–Crippen MR) is 162 cm³/mol. The number of amides is 1. The zero-order valence-corrected chi connectivity index (χ0v) is 25.4. The molecule has 18 heteroatoms. The van der Waals surface area contributed by atoms with Crippen LogP contribution >= 0.6 is 23.1 Å². The van der Waals surface area contributed by atoms with Crippen LogP contribution in [0.3, 0.4) is 0 Å². The first-order valence-electron chi connectivity index (χ1n) is 13.2. The molecule has 0 spiro atoms. The van der Waals surface area contributed by atoms with Gasteiger partial charge in [-0.05, 0) is 30.5 Å². The van der Waals surface area contributed by atoms with Gasteiger partial charge in [-0.3, -0.25) is 14.5 Å². The van der Waals surface area contributed by atoms with Crippen LogP contribution in [0.2, 0.25) is 0 Å². The van der Waals surface area contributed by atoms with Crippen molar-refractivity contribution in [1.29, 1.82) is 0 Å². The van der Waals surface area contributed by atoms with Crippen molar-refractivity contribution in [2.75, 3.05) is 35.6 Å². The van der Waals surface area contributed by atoms with Crippen molar-refractivity contribution < 1.29 is 38.8 Å². The largest absolute Gasteiger partial charge is 0.478 e. The number of carboxylic acids is 2. The van der Waals surface area contributed by atoms with Crippen molar-refractivity contribution in [1.82, 2.24) is 14.9 Å². The SMILES string of the molecule is CC(C)(O/N=C(\C(=O)C[C@@H]1C(=O)N2C(C(=O)O)=C(/C=C/C[n+]3cnc(N)c(NCCN)c3)CSC12)c1csc(N)n1)C(=O)O. The molecule has 0 saturated carbocycles. The summed E-state index contributed by atoms with van der Waals surface area (Å²) in [6, 6.07) is 0. The van der Waals surface area contributed by atoms with E-state index in [2.05, 4.69) is 20.4 Å². The van der Waals surface area contributed by atoms with Gasteiger partial charge in [-0.1, -0.05) is 11.2 Å². The van der Waals surface area contributed by atoms with E-state index in [9.17, 15) is 29.4 Å². The fourth-order valence-corrected chi connectivity index (χ4v) is 6.20. The monoisotopic (exact) mass is 646 g/mol. The number of thioether (sulfide) groups is 1. The summed E-state index contributed by atoms with van der Waals surface area (Å²) in [5, 5.41) is 27.2. The Bertz CT molecular complexity index is 1570. The maximum absolute atomic E-state index is 13.3. The normalized spacial score (nSPS) is 18.7. The molecule has 0 radical (unpaired) electrons. The Morgan fingerprint density at radius 2 is 2.07 bits per heavy atom. The van der Waals surface area contributed by atoms with E-state index in [4.69, 9.17) is 22.0 Å². The molecule has 0 aliphatic carbocycles. The number of carbonyl (C=O) groups is 4. The summed E-state index contributed by atoms with van der Waals surface area (Å²) in [7, 11) is 0. The molecule has 0 bridgehead atoms. The second kappa shape index (κ2) is 13.4. The molecule has 1 amide bonds. The lowest BCUT2D eigenvalue weighted by Crippen LogP contribution is -2.62. The third kappa shape index (κ3) is 6.98. The number of nitrogens with two attached hydrogens (primary N) is 3.